The number of carbonyl (C=O) groups is 1. The van der Waals surface area contributed by atoms with Crippen molar-refractivity contribution in [2.45, 2.75) is 38.1 Å². The molecule has 1 heterocycles. The summed E-state index contributed by atoms with van der Waals surface area (Å²) in [5.74, 6) is 0.589. The van der Waals surface area contributed by atoms with E-state index in [0.29, 0.717) is 11.9 Å². The van der Waals surface area contributed by atoms with Crippen molar-refractivity contribution in [1.82, 2.24) is 9.80 Å². The molecule has 1 saturated carbocycles. The molecule has 1 saturated heterocycles. The maximum atomic E-state index is 12.6. The topological polar surface area (TPSA) is 58.8 Å². The zero-order valence-electron chi connectivity index (χ0n) is 12.7. The van der Waals surface area contributed by atoms with Gasteiger partial charge in [0.05, 0.1) is 6.61 Å². The highest BCUT2D eigenvalue weighted by Gasteiger charge is 2.29. The van der Waals surface area contributed by atoms with Gasteiger partial charge in [0.1, 0.15) is 0 Å². The molecule has 1 amide bonds. The summed E-state index contributed by atoms with van der Waals surface area (Å²) in [6.45, 7) is 5.56. The first-order valence-electron chi connectivity index (χ1n) is 7.96. The quantitative estimate of drug-likeness (QED) is 0.824. The summed E-state index contributed by atoms with van der Waals surface area (Å²) in [6.07, 6.45) is 5.03. The second-order valence-electron chi connectivity index (χ2n) is 6.12. The molecular weight excluding hydrogens is 254 g/mol. The number of amides is 1. The highest BCUT2D eigenvalue weighted by atomic mass is 16.5. The number of rotatable bonds is 4. The van der Waals surface area contributed by atoms with E-state index in [2.05, 4.69) is 9.80 Å². The predicted molar refractivity (Wildman–Crippen MR) is 79.4 cm³/mol. The molecule has 2 N–H and O–H groups in total. The molecule has 2 rings (SSSR count). The van der Waals surface area contributed by atoms with Crippen molar-refractivity contribution >= 4 is 5.91 Å². The van der Waals surface area contributed by atoms with Crippen LogP contribution < -0.4 is 5.73 Å². The van der Waals surface area contributed by atoms with Gasteiger partial charge in [-0.25, -0.2) is 0 Å². The zero-order chi connectivity index (χ0) is 14.4. The normalized spacial score (nSPS) is 29.2. The molecular formula is C15H29N3O2. The molecule has 0 radical (unpaired) electrons. The van der Waals surface area contributed by atoms with E-state index >= 15 is 0 Å². The van der Waals surface area contributed by atoms with Gasteiger partial charge in [-0.1, -0.05) is 0 Å². The van der Waals surface area contributed by atoms with E-state index in [4.69, 9.17) is 10.5 Å². The first-order valence-corrected chi connectivity index (χ1v) is 7.96. The van der Waals surface area contributed by atoms with Crippen LogP contribution in [0, 0.1) is 5.92 Å². The highest BCUT2D eigenvalue weighted by molar-refractivity contribution is 5.79. The Morgan fingerprint density at radius 2 is 1.90 bits per heavy atom. The average molecular weight is 283 g/mol. The van der Waals surface area contributed by atoms with E-state index in [1.165, 1.54) is 0 Å². The van der Waals surface area contributed by atoms with Gasteiger partial charge < -0.3 is 15.4 Å². The fourth-order valence-electron chi connectivity index (χ4n) is 3.26. The molecule has 20 heavy (non-hydrogen) atoms. The minimum Gasteiger partial charge on any atom is -0.383 e. The Kier molecular flexibility index (Phi) is 6.26. The van der Waals surface area contributed by atoms with E-state index < -0.39 is 0 Å². The Morgan fingerprint density at radius 1 is 1.15 bits per heavy atom. The first-order chi connectivity index (χ1) is 9.70. The van der Waals surface area contributed by atoms with Crippen molar-refractivity contribution in [3.8, 4) is 0 Å². The molecule has 116 valence electrons. The summed E-state index contributed by atoms with van der Waals surface area (Å²) in [6, 6.07) is 0.313. The van der Waals surface area contributed by atoms with Crippen LogP contribution in [0.5, 0.6) is 0 Å². The lowest BCUT2D eigenvalue weighted by molar-refractivity contribution is -0.136. The van der Waals surface area contributed by atoms with E-state index in [1.807, 2.05) is 0 Å². The third-order valence-corrected chi connectivity index (χ3v) is 4.63. The largest absolute Gasteiger partial charge is 0.383 e. The second-order valence-corrected chi connectivity index (χ2v) is 6.12. The molecule has 0 unspecified atom stereocenters. The fraction of sp³-hybridized carbons (Fsp3) is 0.933. The summed E-state index contributed by atoms with van der Waals surface area (Å²) in [5, 5.41) is 0. The average Bonchev–Trinajstić information content (AvgIpc) is 2.70. The molecule has 0 aromatic carbocycles. The summed E-state index contributed by atoms with van der Waals surface area (Å²) in [5.41, 5.74) is 5.92. The molecule has 5 nitrogen and oxygen atoms in total. The number of nitrogens with zero attached hydrogens (tertiary/aromatic N) is 2. The van der Waals surface area contributed by atoms with Crippen LogP contribution in [0.25, 0.3) is 0 Å². The van der Waals surface area contributed by atoms with Crippen LogP contribution in [-0.2, 0) is 9.53 Å². The zero-order valence-corrected chi connectivity index (χ0v) is 12.7. The minimum absolute atomic E-state index is 0.223. The van der Waals surface area contributed by atoms with Crippen LogP contribution in [0.15, 0.2) is 0 Å². The Hall–Kier alpha value is -0.650. The Bertz CT molecular complexity index is 303. The van der Waals surface area contributed by atoms with Crippen LogP contribution in [-0.4, -0.2) is 68.2 Å². The second kappa shape index (κ2) is 7.96. The monoisotopic (exact) mass is 283 g/mol. The van der Waals surface area contributed by atoms with Crippen LogP contribution >= 0.6 is 0 Å². The lowest BCUT2D eigenvalue weighted by Gasteiger charge is -2.30. The fourth-order valence-corrected chi connectivity index (χ4v) is 3.26. The van der Waals surface area contributed by atoms with Gasteiger partial charge in [-0.15, -0.1) is 0 Å². The van der Waals surface area contributed by atoms with E-state index in [9.17, 15) is 4.79 Å². The van der Waals surface area contributed by atoms with Crippen molar-refractivity contribution in [3.63, 3.8) is 0 Å². The van der Waals surface area contributed by atoms with Crippen molar-refractivity contribution in [2.24, 2.45) is 11.7 Å². The van der Waals surface area contributed by atoms with Gasteiger partial charge >= 0.3 is 0 Å². The van der Waals surface area contributed by atoms with Crippen LogP contribution in [0.1, 0.15) is 32.1 Å². The molecule has 0 aromatic heterocycles. The predicted octanol–water partition coefficient (Wildman–Crippen LogP) is 0.685. The first kappa shape index (κ1) is 15.7. The maximum absolute atomic E-state index is 12.6. The molecule has 0 atom stereocenters. The lowest BCUT2D eigenvalue weighted by Crippen LogP contribution is -2.41. The Morgan fingerprint density at radius 3 is 2.60 bits per heavy atom. The van der Waals surface area contributed by atoms with Crippen molar-refractivity contribution in [3.05, 3.63) is 0 Å². The minimum atomic E-state index is 0.223. The summed E-state index contributed by atoms with van der Waals surface area (Å²) < 4.78 is 5.13. The SMILES string of the molecule is COCCN1CCCN(C(=O)C2CCC(N)CC2)CC1. The van der Waals surface area contributed by atoms with Gasteiger partial charge in [0, 0.05) is 45.2 Å². The number of ether oxygens (including phenoxy) is 1. The summed E-state index contributed by atoms with van der Waals surface area (Å²) in [4.78, 5) is 17.0. The van der Waals surface area contributed by atoms with Crippen LogP contribution in [0.4, 0.5) is 0 Å². The highest BCUT2D eigenvalue weighted by Crippen LogP contribution is 2.25. The third-order valence-electron chi connectivity index (χ3n) is 4.63. The molecule has 1 aliphatic carbocycles. The van der Waals surface area contributed by atoms with E-state index in [-0.39, 0.29) is 5.92 Å². The van der Waals surface area contributed by atoms with Gasteiger partial charge in [-0.2, -0.15) is 0 Å². The Labute approximate surface area is 122 Å². The number of hydrogen-bond acceptors (Lipinski definition) is 4. The summed E-state index contributed by atoms with van der Waals surface area (Å²) >= 11 is 0. The maximum Gasteiger partial charge on any atom is 0.225 e. The van der Waals surface area contributed by atoms with Crippen molar-refractivity contribution in [1.29, 1.82) is 0 Å². The molecule has 2 aliphatic rings. The molecule has 2 fully saturated rings. The molecule has 0 bridgehead atoms. The number of nitrogens with two attached hydrogens (primary N) is 1. The summed E-state index contributed by atoms with van der Waals surface area (Å²) in [7, 11) is 1.74. The van der Waals surface area contributed by atoms with Crippen molar-refractivity contribution in [2.75, 3.05) is 46.4 Å². The smallest absolute Gasteiger partial charge is 0.225 e. The van der Waals surface area contributed by atoms with Gasteiger partial charge in [0.15, 0.2) is 0 Å². The van der Waals surface area contributed by atoms with Crippen LogP contribution in [0.3, 0.4) is 0 Å². The van der Waals surface area contributed by atoms with Gasteiger partial charge in [0.2, 0.25) is 5.91 Å². The Balaban J connectivity index is 1.79. The van der Waals surface area contributed by atoms with Gasteiger partial charge in [-0.3, -0.25) is 9.69 Å². The van der Waals surface area contributed by atoms with Gasteiger partial charge in [0.25, 0.3) is 0 Å². The molecule has 0 spiro atoms. The number of methoxy groups -OCH3 is 1. The van der Waals surface area contributed by atoms with E-state index in [0.717, 1.165) is 71.4 Å². The van der Waals surface area contributed by atoms with Crippen LogP contribution in [0.2, 0.25) is 0 Å². The van der Waals surface area contributed by atoms with E-state index in [1.54, 1.807) is 7.11 Å². The lowest BCUT2D eigenvalue weighted by atomic mass is 9.85. The number of hydrogen-bond donors (Lipinski definition) is 1. The standard InChI is InChI=1S/C15H29N3O2/c1-20-12-11-17-7-2-8-18(10-9-17)15(19)13-3-5-14(16)6-4-13/h13-14H,2-12,16H2,1H3. The van der Waals surface area contributed by atoms with Gasteiger partial charge in [-0.05, 0) is 38.6 Å². The third kappa shape index (κ3) is 4.43. The molecule has 1 aliphatic heterocycles. The number of carbonyl (C=O) groups excluding carboxylic acids is 1. The van der Waals surface area contributed by atoms with Crippen molar-refractivity contribution < 1.29 is 9.53 Å². The molecule has 5 heteroatoms. The molecule has 0 aromatic rings.